The van der Waals surface area contributed by atoms with Crippen LogP contribution in [0.15, 0.2) is 12.1 Å². The number of halogens is 1. The number of hydrogen-bond acceptors (Lipinski definition) is 2. The summed E-state index contributed by atoms with van der Waals surface area (Å²) in [5.74, 6) is 0.613. The Morgan fingerprint density at radius 2 is 2.17 bits per heavy atom. The van der Waals surface area contributed by atoms with E-state index in [1.165, 1.54) is 0 Å². The van der Waals surface area contributed by atoms with Gasteiger partial charge in [-0.25, -0.2) is 0 Å². The van der Waals surface area contributed by atoms with Crippen molar-refractivity contribution in [3.05, 3.63) is 22.7 Å². The molecule has 0 radical (unpaired) electrons. The number of carbonyl (C=O) groups excluding carboxylic acids is 1. The third kappa shape index (κ3) is 2.61. The Hall–Kier alpha value is -1.22. The standard InChI is InChI=1S/C14H19ClN2O/c1-4-8(2)9(3)16-13-5-10-6-14(18)17-12(10)7-11(13)15/h5,7-9,16H,4,6H2,1-3H3,(H,17,18). The molecule has 2 atom stereocenters. The zero-order valence-electron chi connectivity index (χ0n) is 11.0. The maximum atomic E-state index is 11.3. The van der Waals surface area contributed by atoms with Crippen LogP contribution in [-0.4, -0.2) is 11.9 Å². The average Bonchev–Trinajstić information content (AvgIpc) is 2.67. The summed E-state index contributed by atoms with van der Waals surface area (Å²) in [7, 11) is 0. The topological polar surface area (TPSA) is 41.1 Å². The quantitative estimate of drug-likeness (QED) is 0.873. The van der Waals surface area contributed by atoms with Gasteiger partial charge in [0.25, 0.3) is 0 Å². The molecule has 1 aliphatic rings. The second-order valence-electron chi connectivity index (χ2n) is 5.03. The highest BCUT2D eigenvalue weighted by Crippen LogP contribution is 2.33. The molecule has 0 saturated carbocycles. The van der Waals surface area contributed by atoms with Crippen molar-refractivity contribution in [3.63, 3.8) is 0 Å². The first kappa shape index (κ1) is 13.2. The number of rotatable bonds is 4. The van der Waals surface area contributed by atoms with Gasteiger partial charge in [-0.2, -0.15) is 0 Å². The van der Waals surface area contributed by atoms with Crippen molar-refractivity contribution in [3.8, 4) is 0 Å². The lowest BCUT2D eigenvalue weighted by molar-refractivity contribution is -0.115. The largest absolute Gasteiger partial charge is 0.381 e. The molecular formula is C14H19ClN2O. The smallest absolute Gasteiger partial charge is 0.228 e. The molecule has 1 heterocycles. The Labute approximate surface area is 113 Å². The molecule has 4 heteroatoms. The molecule has 0 fully saturated rings. The normalized spacial score (nSPS) is 17.0. The van der Waals surface area contributed by atoms with Gasteiger partial charge in [-0.3, -0.25) is 4.79 Å². The number of hydrogen-bond donors (Lipinski definition) is 2. The summed E-state index contributed by atoms with van der Waals surface area (Å²) in [5, 5.41) is 6.89. The summed E-state index contributed by atoms with van der Waals surface area (Å²) in [5.41, 5.74) is 2.77. The lowest BCUT2D eigenvalue weighted by Crippen LogP contribution is -2.23. The van der Waals surface area contributed by atoms with Gasteiger partial charge in [0.1, 0.15) is 0 Å². The molecule has 1 aromatic carbocycles. The summed E-state index contributed by atoms with van der Waals surface area (Å²) in [6.45, 7) is 6.54. The number of anilines is 2. The second-order valence-corrected chi connectivity index (χ2v) is 5.44. The van der Waals surface area contributed by atoms with Gasteiger partial charge >= 0.3 is 0 Å². The lowest BCUT2D eigenvalue weighted by atomic mass is 10.0. The van der Waals surface area contributed by atoms with E-state index in [-0.39, 0.29) is 5.91 Å². The monoisotopic (exact) mass is 266 g/mol. The van der Waals surface area contributed by atoms with Crippen LogP contribution in [0.3, 0.4) is 0 Å². The van der Waals surface area contributed by atoms with E-state index in [4.69, 9.17) is 11.6 Å². The van der Waals surface area contributed by atoms with Crippen molar-refractivity contribution < 1.29 is 4.79 Å². The molecule has 0 aromatic heterocycles. The molecule has 3 nitrogen and oxygen atoms in total. The number of amides is 1. The van der Waals surface area contributed by atoms with Crippen molar-refractivity contribution in [1.82, 2.24) is 0 Å². The summed E-state index contributed by atoms with van der Waals surface area (Å²) in [4.78, 5) is 11.3. The molecule has 18 heavy (non-hydrogen) atoms. The zero-order chi connectivity index (χ0) is 13.3. The fraction of sp³-hybridized carbons (Fsp3) is 0.500. The van der Waals surface area contributed by atoms with Gasteiger partial charge in [0.05, 0.1) is 17.1 Å². The maximum Gasteiger partial charge on any atom is 0.228 e. The van der Waals surface area contributed by atoms with Gasteiger partial charge in [-0.1, -0.05) is 31.9 Å². The molecule has 0 bridgehead atoms. The fourth-order valence-corrected chi connectivity index (χ4v) is 2.32. The van der Waals surface area contributed by atoms with Gasteiger partial charge in [-0.05, 0) is 30.5 Å². The highest BCUT2D eigenvalue weighted by atomic mass is 35.5. The van der Waals surface area contributed by atoms with Crippen molar-refractivity contribution in [1.29, 1.82) is 0 Å². The summed E-state index contributed by atoms with van der Waals surface area (Å²) >= 11 is 6.23. The molecule has 0 saturated heterocycles. The SMILES string of the molecule is CCC(C)C(C)Nc1cc2c(cc1Cl)NC(=O)C2. The van der Waals surface area contributed by atoms with E-state index in [0.717, 1.165) is 23.4 Å². The van der Waals surface area contributed by atoms with Crippen molar-refractivity contribution in [2.75, 3.05) is 10.6 Å². The minimum atomic E-state index is 0.0354. The third-order valence-electron chi connectivity index (χ3n) is 3.70. The highest BCUT2D eigenvalue weighted by molar-refractivity contribution is 6.33. The van der Waals surface area contributed by atoms with E-state index in [2.05, 4.69) is 31.4 Å². The number of benzene rings is 1. The Balaban J connectivity index is 2.20. The van der Waals surface area contributed by atoms with Crippen molar-refractivity contribution >= 4 is 28.9 Å². The van der Waals surface area contributed by atoms with Crippen LogP contribution >= 0.6 is 11.6 Å². The van der Waals surface area contributed by atoms with E-state index >= 15 is 0 Å². The van der Waals surface area contributed by atoms with E-state index < -0.39 is 0 Å². The van der Waals surface area contributed by atoms with Crippen LogP contribution in [0.5, 0.6) is 0 Å². The Bertz CT molecular complexity index is 473. The molecular weight excluding hydrogens is 248 g/mol. The Morgan fingerprint density at radius 1 is 1.44 bits per heavy atom. The van der Waals surface area contributed by atoms with Gasteiger partial charge in [0.2, 0.25) is 5.91 Å². The second kappa shape index (κ2) is 5.19. The zero-order valence-corrected chi connectivity index (χ0v) is 11.8. The van der Waals surface area contributed by atoms with Gasteiger partial charge in [0, 0.05) is 11.7 Å². The van der Waals surface area contributed by atoms with Crippen LogP contribution in [-0.2, 0) is 11.2 Å². The maximum absolute atomic E-state index is 11.3. The third-order valence-corrected chi connectivity index (χ3v) is 4.01. The van der Waals surface area contributed by atoms with Crippen LogP contribution in [0.2, 0.25) is 5.02 Å². The van der Waals surface area contributed by atoms with Gasteiger partial charge < -0.3 is 10.6 Å². The summed E-state index contributed by atoms with van der Waals surface area (Å²) < 4.78 is 0. The van der Waals surface area contributed by atoms with E-state index in [1.54, 1.807) is 0 Å². The molecule has 98 valence electrons. The van der Waals surface area contributed by atoms with E-state index in [1.807, 2.05) is 12.1 Å². The molecule has 0 spiro atoms. The van der Waals surface area contributed by atoms with E-state index in [0.29, 0.717) is 23.4 Å². The first-order valence-electron chi connectivity index (χ1n) is 6.40. The molecule has 2 unspecified atom stereocenters. The summed E-state index contributed by atoms with van der Waals surface area (Å²) in [6, 6.07) is 4.16. The lowest BCUT2D eigenvalue weighted by Gasteiger charge is -2.22. The molecule has 1 amide bonds. The van der Waals surface area contributed by atoms with Crippen molar-refractivity contribution in [2.45, 2.75) is 39.7 Å². The summed E-state index contributed by atoms with van der Waals surface area (Å²) in [6.07, 6.45) is 1.57. The Kier molecular flexibility index (Phi) is 3.81. The molecule has 1 aliphatic heterocycles. The molecule has 2 N–H and O–H groups in total. The highest BCUT2D eigenvalue weighted by Gasteiger charge is 2.20. The predicted molar refractivity (Wildman–Crippen MR) is 76.3 cm³/mol. The number of fused-ring (bicyclic) bond motifs is 1. The molecule has 1 aromatic rings. The van der Waals surface area contributed by atoms with Crippen LogP contribution in [0.1, 0.15) is 32.8 Å². The van der Waals surface area contributed by atoms with Gasteiger partial charge in [0.15, 0.2) is 0 Å². The minimum absolute atomic E-state index is 0.0354. The van der Waals surface area contributed by atoms with Crippen LogP contribution in [0.25, 0.3) is 0 Å². The van der Waals surface area contributed by atoms with Crippen LogP contribution in [0.4, 0.5) is 11.4 Å². The Morgan fingerprint density at radius 3 is 2.83 bits per heavy atom. The first-order chi connectivity index (χ1) is 8.51. The van der Waals surface area contributed by atoms with Crippen LogP contribution < -0.4 is 10.6 Å². The first-order valence-corrected chi connectivity index (χ1v) is 6.77. The van der Waals surface area contributed by atoms with Crippen molar-refractivity contribution in [2.24, 2.45) is 5.92 Å². The minimum Gasteiger partial charge on any atom is -0.381 e. The molecule has 2 rings (SSSR count). The molecule has 0 aliphatic carbocycles. The number of nitrogens with one attached hydrogen (secondary N) is 2. The number of carbonyl (C=O) groups is 1. The van der Waals surface area contributed by atoms with E-state index in [9.17, 15) is 4.79 Å². The average molecular weight is 267 g/mol. The predicted octanol–water partition coefficient (Wildman–Crippen LogP) is 3.68. The van der Waals surface area contributed by atoms with Crippen LogP contribution in [0, 0.1) is 5.92 Å². The fourth-order valence-electron chi connectivity index (χ4n) is 2.10. The van der Waals surface area contributed by atoms with Gasteiger partial charge in [-0.15, -0.1) is 0 Å².